The minimum atomic E-state index is -0.114. The second-order valence-corrected chi connectivity index (χ2v) is 4.18. The minimum Gasteiger partial charge on any atom is -0.344 e. The van der Waals surface area contributed by atoms with Crippen LogP contribution >= 0.6 is 0 Å². The second-order valence-electron chi connectivity index (χ2n) is 4.18. The molecule has 1 N–H and O–H groups in total. The van der Waals surface area contributed by atoms with Crippen molar-refractivity contribution < 1.29 is 9.59 Å². The van der Waals surface area contributed by atoms with Gasteiger partial charge in [0.1, 0.15) is 6.54 Å². The fourth-order valence-electron chi connectivity index (χ4n) is 1.64. The lowest BCUT2D eigenvalue weighted by molar-refractivity contribution is -0.129. The van der Waals surface area contributed by atoms with Gasteiger partial charge in [-0.1, -0.05) is 13.3 Å². The number of carbonyl (C=O) groups is 2. The molecule has 1 rings (SSSR count). The third-order valence-corrected chi connectivity index (χ3v) is 2.77. The molecule has 92 valence electrons. The van der Waals surface area contributed by atoms with Crippen LogP contribution in [0.15, 0.2) is 0 Å². The Morgan fingerprint density at radius 1 is 1.44 bits per heavy atom. The fraction of sp³-hybridized carbons (Fsp3) is 0.818. The average Bonchev–Trinajstić information content (AvgIpc) is 2.42. The summed E-state index contributed by atoms with van der Waals surface area (Å²) < 4.78 is 0. The molecule has 0 aromatic heterocycles. The summed E-state index contributed by atoms with van der Waals surface area (Å²) in [6.07, 6.45) is 2.89. The highest BCUT2D eigenvalue weighted by atomic mass is 16.2. The first-order valence-electron chi connectivity index (χ1n) is 5.92. The quantitative estimate of drug-likeness (QED) is 0.720. The predicted molar refractivity (Wildman–Crippen MR) is 62.1 cm³/mol. The van der Waals surface area contributed by atoms with E-state index in [0.29, 0.717) is 13.1 Å². The zero-order valence-electron chi connectivity index (χ0n) is 10.2. The zero-order valence-corrected chi connectivity index (χ0v) is 10.2. The Morgan fingerprint density at radius 3 is 2.88 bits per heavy atom. The van der Waals surface area contributed by atoms with Crippen molar-refractivity contribution in [1.82, 2.24) is 15.1 Å². The summed E-state index contributed by atoms with van der Waals surface area (Å²) >= 11 is 0. The largest absolute Gasteiger partial charge is 0.344 e. The lowest BCUT2D eigenvalue weighted by atomic mass is 10.3. The average molecular weight is 227 g/mol. The van der Waals surface area contributed by atoms with E-state index in [2.05, 4.69) is 12.2 Å². The van der Waals surface area contributed by atoms with Gasteiger partial charge in [-0.25, -0.2) is 4.79 Å². The van der Waals surface area contributed by atoms with E-state index in [0.717, 1.165) is 25.8 Å². The molecule has 0 bridgehead atoms. The monoisotopic (exact) mass is 227 g/mol. The van der Waals surface area contributed by atoms with Crippen LogP contribution in [-0.2, 0) is 4.79 Å². The van der Waals surface area contributed by atoms with E-state index in [1.165, 1.54) is 0 Å². The molecule has 3 amide bonds. The normalized spacial score (nSPS) is 17.2. The van der Waals surface area contributed by atoms with Crippen LogP contribution in [0.3, 0.4) is 0 Å². The van der Waals surface area contributed by atoms with Crippen molar-refractivity contribution in [3.63, 3.8) is 0 Å². The van der Waals surface area contributed by atoms with Crippen molar-refractivity contribution in [3.05, 3.63) is 0 Å². The van der Waals surface area contributed by atoms with E-state index >= 15 is 0 Å². The third kappa shape index (κ3) is 3.72. The molecule has 1 heterocycles. The first-order valence-corrected chi connectivity index (χ1v) is 5.92. The van der Waals surface area contributed by atoms with Gasteiger partial charge in [-0.15, -0.1) is 0 Å². The highest BCUT2D eigenvalue weighted by molar-refractivity contribution is 5.84. The van der Waals surface area contributed by atoms with Crippen LogP contribution in [0.25, 0.3) is 0 Å². The molecule has 0 spiro atoms. The number of amides is 3. The summed E-state index contributed by atoms with van der Waals surface area (Å²) in [6.45, 7) is 4.37. The molecule has 0 aromatic carbocycles. The Hall–Kier alpha value is -1.26. The molecule has 1 fully saturated rings. The standard InChI is InChI=1S/C11H21N3O2/c1-3-4-6-12-11(16)14-8-5-7-13(2)10(15)9-14/h3-9H2,1-2H3,(H,12,16). The molecular weight excluding hydrogens is 206 g/mol. The fourth-order valence-corrected chi connectivity index (χ4v) is 1.64. The summed E-state index contributed by atoms with van der Waals surface area (Å²) in [4.78, 5) is 26.6. The number of nitrogens with zero attached hydrogens (tertiary/aromatic N) is 2. The molecule has 1 aliphatic rings. The van der Waals surface area contributed by atoms with Gasteiger partial charge < -0.3 is 15.1 Å². The van der Waals surface area contributed by atoms with Gasteiger partial charge in [0, 0.05) is 26.7 Å². The van der Waals surface area contributed by atoms with Crippen LogP contribution in [0, 0.1) is 0 Å². The molecule has 16 heavy (non-hydrogen) atoms. The molecule has 0 aliphatic carbocycles. The van der Waals surface area contributed by atoms with Crippen molar-refractivity contribution in [2.45, 2.75) is 26.2 Å². The molecule has 0 atom stereocenters. The van der Waals surface area contributed by atoms with Crippen LogP contribution in [0.1, 0.15) is 26.2 Å². The maximum atomic E-state index is 11.7. The smallest absolute Gasteiger partial charge is 0.317 e. The van der Waals surface area contributed by atoms with Gasteiger partial charge in [-0.3, -0.25) is 4.79 Å². The molecule has 0 unspecified atom stereocenters. The molecular formula is C11H21N3O2. The van der Waals surface area contributed by atoms with E-state index in [1.807, 2.05) is 0 Å². The first kappa shape index (κ1) is 12.8. The van der Waals surface area contributed by atoms with E-state index < -0.39 is 0 Å². The van der Waals surface area contributed by atoms with E-state index in [4.69, 9.17) is 0 Å². The van der Waals surface area contributed by atoms with Crippen molar-refractivity contribution in [2.24, 2.45) is 0 Å². The molecule has 1 saturated heterocycles. The van der Waals surface area contributed by atoms with Crippen LogP contribution in [-0.4, -0.2) is 55.0 Å². The van der Waals surface area contributed by atoms with Crippen molar-refractivity contribution in [1.29, 1.82) is 0 Å². The number of unbranched alkanes of at least 4 members (excludes halogenated alkanes) is 1. The highest BCUT2D eigenvalue weighted by Gasteiger charge is 2.22. The van der Waals surface area contributed by atoms with E-state index in [9.17, 15) is 9.59 Å². The van der Waals surface area contributed by atoms with Crippen LogP contribution in [0.4, 0.5) is 4.79 Å². The number of rotatable bonds is 3. The SMILES string of the molecule is CCCCNC(=O)N1CCCN(C)C(=O)C1. The summed E-state index contributed by atoms with van der Waals surface area (Å²) in [5.74, 6) is 0.0168. The maximum Gasteiger partial charge on any atom is 0.317 e. The number of urea groups is 1. The second kappa shape index (κ2) is 6.35. The lowest BCUT2D eigenvalue weighted by Crippen LogP contribution is -2.43. The van der Waals surface area contributed by atoms with E-state index in [1.54, 1.807) is 16.8 Å². The van der Waals surface area contributed by atoms with Gasteiger partial charge >= 0.3 is 6.03 Å². The summed E-state index contributed by atoms with van der Waals surface area (Å²) in [5, 5.41) is 2.83. The molecule has 0 aromatic rings. The highest BCUT2D eigenvalue weighted by Crippen LogP contribution is 2.02. The van der Waals surface area contributed by atoms with Crippen LogP contribution in [0.2, 0.25) is 0 Å². The first-order chi connectivity index (χ1) is 7.65. The van der Waals surface area contributed by atoms with Crippen molar-refractivity contribution >= 4 is 11.9 Å². The number of hydrogen-bond donors (Lipinski definition) is 1. The molecule has 0 saturated carbocycles. The van der Waals surface area contributed by atoms with Crippen LogP contribution in [0.5, 0.6) is 0 Å². The third-order valence-electron chi connectivity index (χ3n) is 2.77. The molecule has 1 aliphatic heterocycles. The Bertz CT molecular complexity index is 256. The van der Waals surface area contributed by atoms with Gasteiger partial charge in [-0.05, 0) is 12.8 Å². The van der Waals surface area contributed by atoms with Gasteiger partial charge in [0.25, 0.3) is 0 Å². The zero-order chi connectivity index (χ0) is 12.0. The summed E-state index contributed by atoms with van der Waals surface area (Å²) in [6, 6.07) is -0.114. The molecule has 0 radical (unpaired) electrons. The van der Waals surface area contributed by atoms with Gasteiger partial charge in [0.05, 0.1) is 0 Å². The minimum absolute atomic E-state index is 0.0168. The maximum absolute atomic E-state index is 11.7. The number of hydrogen-bond acceptors (Lipinski definition) is 2. The Labute approximate surface area is 96.8 Å². The Morgan fingerprint density at radius 2 is 2.19 bits per heavy atom. The van der Waals surface area contributed by atoms with E-state index in [-0.39, 0.29) is 18.5 Å². The van der Waals surface area contributed by atoms with Crippen LogP contribution < -0.4 is 5.32 Å². The predicted octanol–water partition coefficient (Wildman–Crippen LogP) is 0.660. The number of nitrogens with one attached hydrogen (secondary N) is 1. The Kier molecular flexibility index (Phi) is 5.08. The Balaban J connectivity index is 2.40. The number of likely N-dealkylation sites (N-methyl/N-ethyl adjacent to an activating group) is 1. The topological polar surface area (TPSA) is 52.7 Å². The molecule has 5 heteroatoms. The summed E-state index contributed by atoms with van der Waals surface area (Å²) in [7, 11) is 1.78. The lowest BCUT2D eigenvalue weighted by Gasteiger charge is -2.20. The van der Waals surface area contributed by atoms with Gasteiger partial charge in [0.2, 0.25) is 5.91 Å². The number of carbonyl (C=O) groups excluding carboxylic acids is 2. The van der Waals surface area contributed by atoms with Gasteiger partial charge in [0.15, 0.2) is 0 Å². The van der Waals surface area contributed by atoms with Crippen molar-refractivity contribution in [3.8, 4) is 0 Å². The van der Waals surface area contributed by atoms with Gasteiger partial charge in [-0.2, -0.15) is 0 Å². The van der Waals surface area contributed by atoms with Crippen molar-refractivity contribution in [2.75, 3.05) is 33.2 Å². The summed E-state index contributed by atoms with van der Waals surface area (Å²) in [5.41, 5.74) is 0. The molecule has 5 nitrogen and oxygen atoms in total.